The Morgan fingerprint density at radius 3 is 2.41 bits per heavy atom. The second-order valence-corrected chi connectivity index (χ2v) is 12.1. The van der Waals surface area contributed by atoms with Crippen molar-refractivity contribution in [3.63, 3.8) is 0 Å². The smallest absolute Gasteiger partial charge is 0.243 e. The predicted octanol–water partition coefficient (Wildman–Crippen LogP) is 5.43. The van der Waals surface area contributed by atoms with Crippen molar-refractivity contribution >= 4 is 28.6 Å². The van der Waals surface area contributed by atoms with Gasteiger partial charge < -0.3 is 0 Å². The van der Waals surface area contributed by atoms with E-state index in [1.54, 1.807) is 42.1 Å². The molecule has 2 heterocycles. The molecule has 0 unspecified atom stereocenters. The Morgan fingerprint density at radius 1 is 1.10 bits per heavy atom. The third-order valence-electron chi connectivity index (χ3n) is 7.58. The van der Waals surface area contributed by atoms with Crippen LogP contribution in [-0.4, -0.2) is 48.1 Å². The first-order valence-corrected chi connectivity index (χ1v) is 14.3. The molecule has 0 radical (unpaired) electrons. The number of hydrogen-bond acceptors (Lipinski definition) is 5. The highest BCUT2D eigenvalue weighted by atomic mass is 32.2. The third kappa shape index (κ3) is 5.11. The maximum absolute atomic E-state index is 14.3. The molecule has 1 saturated heterocycles. The van der Waals surface area contributed by atoms with Gasteiger partial charge in [-0.05, 0) is 87.5 Å². The average Bonchev–Trinajstić information content (AvgIpc) is 3.35. The normalized spacial score (nSPS) is 19.8. The van der Waals surface area contributed by atoms with Crippen LogP contribution in [0.2, 0.25) is 0 Å². The lowest BCUT2D eigenvalue weighted by Gasteiger charge is -2.45. The maximum Gasteiger partial charge on any atom is 0.243 e. The molecule has 0 amide bonds. The fourth-order valence-corrected chi connectivity index (χ4v) is 6.91. The minimum Gasteiger partial charge on any atom is -0.291 e. The SMILES string of the molecule is C=N/C(=C\C(C)=C/C)C(=O)[C@]12Cc3cnn(-c4ccc(F)cc4)c3C=C1CCN(S(=O)(=O)c1cc(F)cc(F)c1)C2. The number of sulfonamides is 1. The fraction of sp³-hybridized carbons (Fsp3) is 0.233. The molecule has 41 heavy (non-hydrogen) atoms. The van der Waals surface area contributed by atoms with Gasteiger partial charge in [0.1, 0.15) is 23.1 Å². The number of Topliss-reactive ketones (excluding diaryl/α,β-unsaturated/α-hetero) is 1. The molecule has 1 aromatic heterocycles. The van der Waals surface area contributed by atoms with E-state index in [1.807, 2.05) is 13.0 Å². The summed E-state index contributed by atoms with van der Waals surface area (Å²) >= 11 is 0. The van der Waals surface area contributed by atoms with Crippen LogP contribution < -0.4 is 0 Å². The molecular formula is C30H27F3N4O3S. The van der Waals surface area contributed by atoms with E-state index in [-0.39, 0.29) is 31.6 Å². The topological polar surface area (TPSA) is 84.6 Å². The average molecular weight is 581 g/mol. The van der Waals surface area contributed by atoms with Gasteiger partial charge in [0.15, 0.2) is 5.78 Å². The van der Waals surface area contributed by atoms with Gasteiger partial charge >= 0.3 is 0 Å². The number of allylic oxidation sites excluding steroid dienone is 4. The van der Waals surface area contributed by atoms with Gasteiger partial charge in [-0.2, -0.15) is 9.40 Å². The molecule has 5 rings (SSSR count). The van der Waals surface area contributed by atoms with Gasteiger partial charge in [-0.1, -0.05) is 17.2 Å². The quantitative estimate of drug-likeness (QED) is 0.212. The van der Waals surface area contributed by atoms with Crippen LogP contribution >= 0.6 is 0 Å². The van der Waals surface area contributed by atoms with E-state index in [1.165, 1.54) is 12.1 Å². The second kappa shape index (κ2) is 10.7. The molecule has 3 aromatic rings. The third-order valence-corrected chi connectivity index (χ3v) is 9.41. The Kier molecular flexibility index (Phi) is 7.43. The summed E-state index contributed by atoms with van der Waals surface area (Å²) in [5, 5.41) is 4.47. The van der Waals surface area contributed by atoms with E-state index in [0.29, 0.717) is 28.6 Å². The Morgan fingerprint density at radius 2 is 1.78 bits per heavy atom. The van der Waals surface area contributed by atoms with E-state index in [4.69, 9.17) is 0 Å². The number of aliphatic imine (C=N–C) groups is 1. The maximum atomic E-state index is 14.3. The highest BCUT2D eigenvalue weighted by molar-refractivity contribution is 7.89. The number of rotatable bonds is 7. The molecule has 1 fully saturated rings. The number of ketones is 1. The number of hydrogen-bond donors (Lipinski definition) is 0. The molecule has 11 heteroatoms. The fourth-order valence-electron chi connectivity index (χ4n) is 5.36. The number of carbonyl (C=O) groups is 1. The molecular weight excluding hydrogens is 553 g/mol. The lowest BCUT2D eigenvalue weighted by Crippen LogP contribution is -2.53. The summed E-state index contributed by atoms with van der Waals surface area (Å²) in [6.07, 6.45) is 7.08. The number of piperidine rings is 1. The summed E-state index contributed by atoms with van der Waals surface area (Å²) in [6, 6.07) is 7.93. The summed E-state index contributed by atoms with van der Waals surface area (Å²) in [4.78, 5) is 17.8. The van der Waals surface area contributed by atoms with Gasteiger partial charge in [-0.15, -0.1) is 0 Å². The number of benzene rings is 2. The van der Waals surface area contributed by atoms with Crippen molar-refractivity contribution in [3.8, 4) is 5.69 Å². The van der Waals surface area contributed by atoms with E-state index >= 15 is 0 Å². The lowest BCUT2D eigenvalue weighted by molar-refractivity contribution is -0.124. The van der Waals surface area contributed by atoms with Crippen molar-refractivity contribution in [3.05, 3.63) is 106 Å². The number of halogens is 3. The van der Waals surface area contributed by atoms with Crippen LogP contribution in [0.1, 0.15) is 31.5 Å². The van der Waals surface area contributed by atoms with Crippen molar-refractivity contribution in [1.82, 2.24) is 14.1 Å². The molecule has 1 aliphatic carbocycles. The van der Waals surface area contributed by atoms with E-state index in [2.05, 4.69) is 16.8 Å². The largest absolute Gasteiger partial charge is 0.291 e. The standard InChI is InChI=1S/C30H27F3N4O3S/c1-4-19(2)11-27(34-3)29(38)30-16-20-17-35-37(25-7-5-22(31)6-8-25)28(20)12-21(30)9-10-36(18-30)41(39,40)26-14-23(32)13-24(33)15-26/h4-8,11-15,17H,3,9-10,16,18H2,1-2H3/b19-4-,27-11-/t30-/m0/s1. The molecule has 2 aromatic carbocycles. The first-order valence-electron chi connectivity index (χ1n) is 12.8. The molecule has 2 aliphatic rings. The molecule has 212 valence electrons. The zero-order valence-electron chi connectivity index (χ0n) is 22.4. The summed E-state index contributed by atoms with van der Waals surface area (Å²) in [6.45, 7) is 6.90. The van der Waals surface area contributed by atoms with Crippen LogP contribution in [0.4, 0.5) is 13.2 Å². The second-order valence-electron chi connectivity index (χ2n) is 10.1. The zero-order valence-corrected chi connectivity index (χ0v) is 23.3. The summed E-state index contributed by atoms with van der Waals surface area (Å²) in [7, 11) is -4.37. The van der Waals surface area contributed by atoms with Crippen molar-refractivity contribution < 1.29 is 26.4 Å². The van der Waals surface area contributed by atoms with Crippen LogP contribution in [0.5, 0.6) is 0 Å². The Bertz CT molecular complexity index is 1740. The molecule has 7 nitrogen and oxygen atoms in total. The number of carbonyl (C=O) groups excluding carboxylic acids is 1. The Balaban J connectivity index is 1.63. The monoisotopic (exact) mass is 580 g/mol. The highest BCUT2D eigenvalue weighted by Gasteiger charge is 2.51. The number of aromatic nitrogens is 2. The first kappa shape index (κ1) is 28.4. The van der Waals surface area contributed by atoms with E-state index < -0.39 is 43.6 Å². The van der Waals surface area contributed by atoms with Gasteiger partial charge in [0.25, 0.3) is 0 Å². The highest BCUT2D eigenvalue weighted by Crippen LogP contribution is 2.47. The summed E-state index contributed by atoms with van der Waals surface area (Å²) in [5.41, 5.74) is 2.11. The molecule has 0 N–H and O–H groups in total. The van der Waals surface area contributed by atoms with Crippen LogP contribution in [0, 0.1) is 22.9 Å². The van der Waals surface area contributed by atoms with Gasteiger partial charge in [0, 0.05) is 19.2 Å². The minimum absolute atomic E-state index is 0.0181. The van der Waals surface area contributed by atoms with Crippen LogP contribution in [0.25, 0.3) is 11.8 Å². The van der Waals surface area contributed by atoms with Crippen LogP contribution in [0.3, 0.4) is 0 Å². The zero-order chi connectivity index (χ0) is 29.5. The Labute approximate surface area is 236 Å². The van der Waals surface area contributed by atoms with E-state index in [0.717, 1.165) is 22.0 Å². The predicted molar refractivity (Wildman–Crippen MR) is 149 cm³/mol. The summed E-state index contributed by atoms with van der Waals surface area (Å²) in [5.74, 6) is -2.86. The summed E-state index contributed by atoms with van der Waals surface area (Å²) < 4.78 is 71.5. The molecule has 1 aliphatic heterocycles. The van der Waals surface area contributed by atoms with E-state index in [9.17, 15) is 26.4 Å². The van der Waals surface area contributed by atoms with Crippen molar-refractivity contribution in [2.45, 2.75) is 31.6 Å². The van der Waals surface area contributed by atoms with Gasteiger partial charge in [0.2, 0.25) is 10.0 Å². The van der Waals surface area contributed by atoms with Crippen LogP contribution in [-0.2, 0) is 21.2 Å². The molecule has 0 saturated carbocycles. The molecule has 1 atom stereocenters. The lowest BCUT2D eigenvalue weighted by atomic mass is 9.65. The first-order chi connectivity index (χ1) is 19.5. The van der Waals surface area contributed by atoms with Crippen molar-refractivity contribution in [1.29, 1.82) is 0 Å². The van der Waals surface area contributed by atoms with Gasteiger partial charge in [0.05, 0.1) is 27.9 Å². The number of fused-ring (bicyclic) bond motifs is 2. The minimum atomic E-state index is -4.37. The van der Waals surface area contributed by atoms with Crippen molar-refractivity contribution in [2.24, 2.45) is 10.4 Å². The number of nitrogens with zero attached hydrogens (tertiary/aromatic N) is 4. The van der Waals surface area contributed by atoms with Gasteiger partial charge in [-0.3, -0.25) is 9.79 Å². The Hall–Kier alpha value is -4.09. The molecule has 0 bridgehead atoms. The van der Waals surface area contributed by atoms with Crippen molar-refractivity contribution in [2.75, 3.05) is 13.1 Å². The molecule has 0 spiro atoms. The van der Waals surface area contributed by atoms with Crippen LogP contribution in [0.15, 0.2) is 87.5 Å². The van der Waals surface area contributed by atoms with Gasteiger partial charge in [-0.25, -0.2) is 26.3 Å².